The number of nitrogens with one attached hydrogen (secondary N) is 2. The van der Waals surface area contributed by atoms with Gasteiger partial charge in [-0.15, -0.1) is 0 Å². The minimum absolute atomic E-state index is 0.0458. The molecule has 1 aliphatic carbocycles. The summed E-state index contributed by atoms with van der Waals surface area (Å²) in [7, 11) is 2.93. The molecule has 6 rings (SSSR count). The van der Waals surface area contributed by atoms with Crippen LogP contribution in [0.15, 0.2) is 48.5 Å². The molecule has 42 heavy (non-hydrogen) atoms. The van der Waals surface area contributed by atoms with Crippen molar-refractivity contribution in [3.63, 3.8) is 0 Å². The molecule has 0 amide bonds. The molecule has 3 N–H and O–H groups in total. The van der Waals surface area contributed by atoms with Crippen LogP contribution in [0.2, 0.25) is 0 Å². The van der Waals surface area contributed by atoms with E-state index in [2.05, 4.69) is 10.6 Å². The number of nitrogens with zero attached hydrogens (tertiary/aromatic N) is 1. The summed E-state index contributed by atoms with van der Waals surface area (Å²) in [6.45, 7) is 1.66. The van der Waals surface area contributed by atoms with Gasteiger partial charge in [-0.1, -0.05) is 0 Å². The molecule has 3 aromatic carbocycles. The van der Waals surface area contributed by atoms with E-state index in [0.717, 1.165) is 28.8 Å². The molecule has 12 nitrogen and oxygen atoms in total. The van der Waals surface area contributed by atoms with Gasteiger partial charge >= 0.3 is 5.97 Å². The van der Waals surface area contributed by atoms with E-state index in [0.29, 0.717) is 24.6 Å². The second-order valence-corrected chi connectivity index (χ2v) is 10.4. The Morgan fingerprint density at radius 2 is 1.64 bits per heavy atom. The maximum Gasteiger partial charge on any atom is 0.310 e. The third kappa shape index (κ3) is 4.87. The lowest BCUT2D eigenvalue weighted by Crippen LogP contribution is -2.41. The molecule has 0 saturated carbocycles. The molecular weight excluding hydrogens is 546 g/mol. The number of fused-ring (bicyclic) bond motifs is 3. The number of phenolic OH excluding ortho intramolecular Hbond substituents is 1. The summed E-state index contributed by atoms with van der Waals surface area (Å²) in [4.78, 5) is 23.8. The fourth-order valence-corrected chi connectivity index (χ4v) is 6.20. The molecule has 0 spiro atoms. The first-order valence-corrected chi connectivity index (χ1v) is 13.7. The fraction of sp³-hybridized carbons (Fsp3) is 0.367. The van der Waals surface area contributed by atoms with Crippen LogP contribution in [0.4, 0.5) is 11.4 Å². The maximum absolute atomic E-state index is 13.3. The average molecular weight is 578 g/mol. The highest BCUT2D eigenvalue weighted by atomic mass is 16.7. The number of ether oxygens (including phenoxy) is 5. The van der Waals surface area contributed by atoms with Gasteiger partial charge in [-0.05, 0) is 66.1 Å². The van der Waals surface area contributed by atoms with Gasteiger partial charge < -0.3 is 39.4 Å². The molecule has 4 atom stereocenters. The van der Waals surface area contributed by atoms with Crippen molar-refractivity contribution < 1.29 is 38.5 Å². The molecule has 1 saturated heterocycles. The van der Waals surface area contributed by atoms with Crippen LogP contribution in [0.3, 0.4) is 0 Å². The van der Waals surface area contributed by atoms with Crippen LogP contribution in [0.25, 0.3) is 0 Å². The van der Waals surface area contributed by atoms with Crippen molar-refractivity contribution in [1.29, 1.82) is 0 Å². The zero-order valence-electron chi connectivity index (χ0n) is 23.1. The summed E-state index contributed by atoms with van der Waals surface area (Å²) in [5, 5.41) is 28.4. The molecule has 3 aromatic rings. The molecular formula is C30H31N3O9. The summed E-state index contributed by atoms with van der Waals surface area (Å²) in [6.07, 6.45) is 0.759. The van der Waals surface area contributed by atoms with E-state index in [-0.39, 0.29) is 54.3 Å². The summed E-state index contributed by atoms with van der Waals surface area (Å²) in [5.41, 5.74) is 3.48. The molecule has 0 bridgehead atoms. The van der Waals surface area contributed by atoms with E-state index in [9.17, 15) is 20.0 Å². The lowest BCUT2D eigenvalue weighted by molar-refractivity contribution is -0.384. The number of rotatable bonds is 10. The van der Waals surface area contributed by atoms with Gasteiger partial charge in [0.25, 0.3) is 5.69 Å². The number of aromatic hydroxyl groups is 1. The third-order valence-corrected chi connectivity index (χ3v) is 8.17. The molecule has 12 heteroatoms. The van der Waals surface area contributed by atoms with Crippen LogP contribution >= 0.6 is 0 Å². The number of phenols is 1. The molecule has 0 aromatic heterocycles. The monoisotopic (exact) mass is 577 g/mol. The van der Waals surface area contributed by atoms with Gasteiger partial charge in [0.2, 0.25) is 12.5 Å². The smallest absolute Gasteiger partial charge is 0.310 e. The SMILES string of the molecule is COc1cc([C@@H]2c3cc4c(cc3[C@@H](NCCCNc3ccc([N+](=O)[O-])cc3)[C@H]3COC(=O)[C@H]23)OCO4)cc(OC)c1O. The number of esters is 1. The number of non-ortho nitro benzene ring substituents is 1. The van der Waals surface area contributed by atoms with E-state index < -0.39 is 16.8 Å². The average Bonchev–Trinajstić information content (AvgIpc) is 3.62. The highest BCUT2D eigenvalue weighted by Crippen LogP contribution is 2.55. The summed E-state index contributed by atoms with van der Waals surface area (Å²) >= 11 is 0. The van der Waals surface area contributed by atoms with Crippen molar-refractivity contribution in [1.82, 2.24) is 5.32 Å². The predicted octanol–water partition coefficient (Wildman–Crippen LogP) is 4.11. The predicted molar refractivity (Wildman–Crippen MR) is 151 cm³/mol. The van der Waals surface area contributed by atoms with Crippen molar-refractivity contribution in [3.8, 4) is 28.7 Å². The van der Waals surface area contributed by atoms with Crippen LogP contribution in [-0.4, -0.2) is 56.7 Å². The standard InChI is InChI=1S/C30H31N3O9/c1-38-24-10-16(11-25(39-2)29(24)34)26-19-12-22-23(42-15-41-22)13-20(19)28(21-14-40-30(35)27(21)26)32-9-3-8-31-17-4-6-18(7-5-17)33(36)37/h4-7,10-13,21,26-28,31-32,34H,3,8-9,14-15H2,1-2H3/t21-,26+,27-,28+/m0/s1. The first-order chi connectivity index (χ1) is 20.4. The van der Waals surface area contributed by atoms with Crippen LogP contribution in [0.1, 0.15) is 35.1 Å². The van der Waals surface area contributed by atoms with E-state index in [1.165, 1.54) is 26.4 Å². The third-order valence-electron chi connectivity index (χ3n) is 8.17. The minimum Gasteiger partial charge on any atom is -0.502 e. The van der Waals surface area contributed by atoms with Crippen LogP contribution < -0.4 is 29.6 Å². The molecule has 1 fully saturated rings. The lowest BCUT2D eigenvalue weighted by Gasteiger charge is -2.39. The first kappa shape index (κ1) is 27.5. The quantitative estimate of drug-likeness (QED) is 0.138. The zero-order chi connectivity index (χ0) is 29.4. The number of nitro benzene ring substituents is 1. The lowest BCUT2D eigenvalue weighted by atomic mass is 9.65. The minimum atomic E-state index is -0.493. The molecule has 0 radical (unpaired) electrons. The Balaban J connectivity index is 1.28. The van der Waals surface area contributed by atoms with Crippen LogP contribution in [0.5, 0.6) is 28.7 Å². The van der Waals surface area contributed by atoms with Crippen LogP contribution in [-0.2, 0) is 9.53 Å². The second kappa shape index (κ2) is 11.3. The van der Waals surface area contributed by atoms with E-state index in [1.54, 1.807) is 24.3 Å². The summed E-state index contributed by atoms with van der Waals surface area (Å²) in [5.74, 6) is 0.279. The number of hydrogen-bond acceptors (Lipinski definition) is 11. The van der Waals surface area contributed by atoms with Gasteiger partial charge in [0, 0.05) is 42.2 Å². The molecule has 0 unspecified atom stereocenters. The Bertz CT molecular complexity index is 1490. The van der Waals surface area contributed by atoms with Gasteiger partial charge in [0.05, 0.1) is 31.7 Å². The van der Waals surface area contributed by atoms with E-state index >= 15 is 0 Å². The Labute approximate surface area is 241 Å². The Kier molecular flexibility index (Phi) is 7.38. The van der Waals surface area contributed by atoms with E-state index in [1.807, 2.05) is 12.1 Å². The highest BCUT2D eigenvalue weighted by molar-refractivity contribution is 5.79. The van der Waals surface area contributed by atoms with Gasteiger partial charge in [-0.3, -0.25) is 14.9 Å². The normalized spacial score (nSPS) is 21.7. The highest BCUT2D eigenvalue weighted by Gasteiger charge is 2.52. The number of carbonyl (C=O) groups is 1. The Morgan fingerprint density at radius 3 is 2.29 bits per heavy atom. The number of benzene rings is 3. The largest absolute Gasteiger partial charge is 0.502 e. The Hall–Kier alpha value is -4.71. The number of hydrogen-bond donors (Lipinski definition) is 3. The number of cyclic esters (lactones) is 1. The van der Waals surface area contributed by atoms with Crippen molar-refractivity contribution in [2.24, 2.45) is 11.8 Å². The molecule has 3 aliphatic rings. The second-order valence-electron chi connectivity index (χ2n) is 10.4. The topological polar surface area (TPSA) is 151 Å². The van der Waals surface area contributed by atoms with Crippen LogP contribution in [0, 0.1) is 22.0 Å². The van der Waals surface area contributed by atoms with Gasteiger partial charge in [-0.2, -0.15) is 0 Å². The number of carbonyl (C=O) groups excluding carboxylic acids is 1. The fourth-order valence-electron chi connectivity index (χ4n) is 6.20. The summed E-state index contributed by atoms with van der Waals surface area (Å²) < 4.78 is 27.9. The van der Waals surface area contributed by atoms with E-state index in [4.69, 9.17) is 23.7 Å². The number of nitro groups is 1. The molecule has 2 heterocycles. The van der Waals surface area contributed by atoms with Crippen molar-refractivity contribution >= 4 is 17.3 Å². The summed E-state index contributed by atoms with van der Waals surface area (Å²) in [6, 6.07) is 13.5. The van der Waals surface area contributed by atoms with Crippen molar-refractivity contribution in [3.05, 3.63) is 75.3 Å². The molecule has 220 valence electrons. The maximum atomic E-state index is 13.3. The molecule has 2 aliphatic heterocycles. The van der Waals surface area contributed by atoms with Crippen molar-refractivity contribution in [2.45, 2.75) is 18.4 Å². The Morgan fingerprint density at radius 1 is 0.976 bits per heavy atom. The number of methoxy groups -OCH3 is 2. The number of anilines is 1. The van der Waals surface area contributed by atoms with Gasteiger partial charge in [0.1, 0.15) is 0 Å². The van der Waals surface area contributed by atoms with Gasteiger partial charge in [-0.25, -0.2) is 0 Å². The van der Waals surface area contributed by atoms with Gasteiger partial charge in [0.15, 0.2) is 23.0 Å². The van der Waals surface area contributed by atoms with Crippen molar-refractivity contribution in [2.75, 3.05) is 46.0 Å². The first-order valence-electron chi connectivity index (χ1n) is 13.7. The zero-order valence-corrected chi connectivity index (χ0v) is 23.1.